The molecule has 0 saturated carbocycles. The summed E-state index contributed by atoms with van der Waals surface area (Å²) in [5.41, 5.74) is 1.88. The average molecular weight is 395 g/mol. The highest BCUT2D eigenvalue weighted by atomic mass is 16.2. The Kier molecular flexibility index (Phi) is 4.63. The number of anilines is 4. The molecule has 0 radical (unpaired) electrons. The van der Waals surface area contributed by atoms with Gasteiger partial charge in [0.05, 0.1) is 23.5 Å². The van der Waals surface area contributed by atoms with Crippen LogP contribution in [0, 0.1) is 0 Å². The number of carbonyl (C=O) groups excluding carboxylic acids is 1. The van der Waals surface area contributed by atoms with Crippen LogP contribution in [0.3, 0.4) is 0 Å². The van der Waals surface area contributed by atoms with Gasteiger partial charge in [-0.15, -0.1) is 0 Å². The van der Waals surface area contributed by atoms with Gasteiger partial charge in [-0.2, -0.15) is 0 Å². The average Bonchev–Trinajstić information content (AvgIpc) is 2.66. The SMILES string of the molecule is CC(C)(C)N1CCN(CC(C)(C)N2CC(=O)Nc3ncccc32)c2ncccc21. The van der Waals surface area contributed by atoms with Crippen LogP contribution in [0.5, 0.6) is 0 Å². The number of carbonyl (C=O) groups is 1. The maximum Gasteiger partial charge on any atom is 0.245 e. The van der Waals surface area contributed by atoms with Crippen molar-refractivity contribution in [2.45, 2.75) is 45.7 Å². The minimum atomic E-state index is -0.283. The van der Waals surface area contributed by atoms with E-state index in [2.05, 4.69) is 65.7 Å². The Morgan fingerprint density at radius 3 is 2.38 bits per heavy atom. The molecular weight excluding hydrogens is 364 g/mol. The second kappa shape index (κ2) is 6.90. The number of fused-ring (bicyclic) bond motifs is 2. The summed E-state index contributed by atoms with van der Waals surface area (Å²) >= 11 is 0. The van der Waals surface area contributed by atoms with E-state index in [1.165, 1.54) is 5.69 Å². The Hall–Kier alpha value is -2.83. The van der Waals surface area contributed by atoms with Crippen molar-refractivity contribution in [3.05, 3.63) is 36.7 Å². The summed E-state index contributed by atoms with van der Waals surface area (Å²) < 4.78 is 0. The smallest absolute Gasteiger partial charge is 0.245 e. The Morgan fingerprint density at radius 1 is 0.966 bits per heavy atom. The molecule has 2 aromatic heterocycles. The summed E-state index contributed by atoms with van der Waals surface area (Å²) in [5.74, 6) is 1.61. The molecular formula is C22H30N6O. The number of pyridine rings is 2. The van der Waals surface area contributed by atoms with Crippen LogP contribution in [0.2, 0.25) is 0 Å². The molecule has 0 aliphatic carbocycles. The van der Waals surface area contributed by atoms with E-state index >= 15 is 0 Å². The summed E-state index contributed by atoms with van der Waals surface area (Å²) in [5, 5.41) is 2.88. The lowest BCUT2D eigenvalue weighted by Gasteiger charge is -2.49. The number of aromatic nitrogens is 2. The molecule has 0 spiro atoms. The second-order valence-corrected chi connectivity index (χ2v) is 9.41. The highest BCUT2D eigenvalue weighted by molar-refractivity contribution is 6.00. The van der Waals surface area contributed by atoms with Crippen LogP contribution in [0.1, 0.15) is 34.6 Å². The molecule has 2 aliphatic heterocycles. The van der Waals surface area contributed by atoms with Gasteiger partial charge >= 0.3 is 0 Å². The molecule has 4 heterocycles. The molecule has 1 N–H and O–H groups in total. The van der Waals surface area contributed by atoms with Gasteiger partial charge in [0.25, 0.3) is 0 Å². The molecule has 154 valence electrons. The van der Waals surface area contributed by atoms with Gasteiger partial charge < -0.3 is 20.0 Å². The molecule has 7 heteroatoms. The molecule has 2 aromatic rings. The maximum absolute atomic E-state index is 12.3. The minimum absolute atomic E-state index is 0.0275. The second-order valence-electron chi connectivity index (χ2n) is 9.41. The largest absolute Gasteiger partial charge is 0.362 e. The summed E-state index contributed by atoms with van der Waals surface area (Å²) in [6, 6.07) is 8.09. The van der Waals surface area contributed by atoms with Crippen molar-refractivity contribution < 1.29 is 4.79 Å². The zero-order chi connectivity index (χ0) is 20.8. The Balaban J connectivity index is 1.64. The molecule has 2 aliphatic rings. The lowest BCUT2D eigenvalue weighted by Crippen LogP contribution is -2.58. The molecule has 0 saturated heterocycles. The summed E-state index contributed by atoms with van der Waals surface area (Å²) in [6.07, 6.45) is 3.57. The van der Waals surface area contributed by atoms with Crippen molar-refractivity contribution >= 4 is 28.9 Å². The van der Waals surface area contributed by atoms with Crippen molar-refractivity contribution in [1.29, 1.82) is 0 Å². The maximum atomic E-state index is 12.3. The zero-order valence-electron chi connectivity index (χ0n) is 17.9. The van der Waals surface area contributed by atoms with E-state index in [1.807, 2.05) is 24.4 Å². The van der Waals surface area contributed by atoms with E-state index in [0.717, 1.165) is 31.1 Å². The molecule has 0 fully saturated rings. The van der Waals surface area contributed by atoms with Crippen LogP contribution in [0.4, 0.5) is 23.0 Å². The highest BCUT2D eigenvalue weighted by Crippen LogP contribution is 2.38. The number of rotatable bonds is 3. The molecule has 0 unspecified atom stereocenters. The van der Waals surface area contributed by atoms with E-state index in [1.54, 1.807) is 6.20 Å². The molecule has 0 aromatic carbocycles. The number of hydrogen-bond donors (Lipinski definition) is 1. The molecule has 29 heavy (non-hydrogen) atoms. The summed E-state index contributed by atoms with van der Waals surface area (Å²) in [6.45, 7) is 14.0. The number of amides is 1. The third-order valence-electron chi connectivity index (χ3n) is 5.70. The first kappa shape index (κ1) is 19.5. The third-order valence-corrected chi connectivity index (χ3v) is 5.70. The van der Waals surface area contributed by atoms with Crippen LogP contribution in [-0.2, 0) is 4.79 Å². The van der Waals surface area contributed by atoms with Crippen LogP contribution < -0.4 is 20.0 Å². The van der Waals surface area contributed by atoms with E-state index in [0.29, 0.717) is 12.4 Å². The standard InChI is InChI=1S/C22H30N6O/c1-21(2,3)27-13-12-26(20-17(27)9-7-11-24-20)15-22(4,5)28-14-18(29)25-19-16(28)8-6-10-23-19/h6-11H,12-15H2,1-5H3,(H,23,25,29). The van der Waals surface area contributed by atoms with Crippen LogP contribution in [0.15, 0.2) is 36.7 Å². The van der Waals surface area contributed by atoms with Gasteiger partial charge in [0, 0.05) is 37.6 Å². The molecule has 4 rings (SSSR count). The predicted octanol–water partition coefficient (Wildman–Crippen LogP) is 3.14. The normalized spacial score (nSPS) is 17.0. The van der Waals surface area contributed by atoms with Crippen molar-refractivity contribution in [3.63, 3.8) is 0 Å². The first-order chi connectivity index (χ1) is 13.7. The highest BCUT2D eigenvalue weighted by Gasteiger charge is 2.38. The van der Waals surface area contributed by atoms with Gasteiger partial charge in [0.2, 0.25) is 5.91 Å². The van der Waals surface area contributed by atoms with Crippen molar-refractivity contribution in [2.24, 2.45) is 0 Å². The van der Waals surface area contributed by atoms with Gasteiger partial charge in [0.1, 0.15) is 0 Å². The predicted molar refractivity (Wildman–Crippen MR) is 118 cm³/mol. The van der Waals surface area contributed by atoms with E-state index < -0.39 is 0 Å². The van der Waals surface area contributed by atoms with Gasteiger partial charge in [-0.05, 0) is 58.9 Å². The van der Waals surface area contributed by atoms with Gasteiger partial charge in [-0.1, -0.05) is 0 Å². The first-order valence-electron chi connectivity index (χ1n) is 10.2. The molecule has 0 bridgehead atoms. The quantitative estimate of drug-likeness (QED) is 0.863. The fourth-order valence-corrected chi connectivity index (χ4v) is 4.34. The fraction of sp³-hybridized carbons (Fsp3) is 0.500. The van der Waals surface area contributed by atoms with Gasteiger partial charge in [-0.3, -0.25) is 4.79 Å². The monoisotopic (exact) mass is 394 g/mol. The van der Waals surface area contributed by atoms with Gasteiger partial charge in [0.15, 0.2) is 11.6 Å². The number of nitrogens with one attached hydrogen (secondary N) is 1. The fourth-order valence-electron chi connectivity index (χ4n) is 4.34. The summed E-state index contributed by atoms with van der Waals surface area (Å²) in [4.78, 5) is 28.3. The van der Waals surface area contributed by atoms with E-state index in [4.69, 9.17) is 4.98 Å². The van der Waals surface area contributed by atoms with Gasteiger partial charge in [-0.25, -0.2) is 9.97 Å². The lowest BCUT2D eigenvalue weighted by atomic mass is 9.98. The van der Waals surface area contributed by atoms with E-state index in [-0.39, 0.29) is 17.0 Å². The third kappa shape index (κ3) is 3.61. The van der Waals surface area contributed by atoms with Crippen LogP contribution in [-0.4, -0.2) is 53.1 Å². The minimum Gasteiger partial charge on any atom is -0.362 e. The molecule has 0 atom stereocenters. The first-order valence-corrected chi connectivity index (χ1v) is 10.2. The Bertz CT molecular complexity index is 920. The molecule has 7 nitrogen and oxygen atoms in total. The van der Waals surface area contributed by atoms with Crippen molar-refractivity contribution in [3.8, 4) is 0 Å². The van der Waals surface area contributed by atoms with E-state index in [9.17, 15) is 4.79 Å². The topological polar surface area (TPSA) is 64.6 Å². The Labute approximate surface area is 172 Å². The zero-order valence-corrected chi connectivity index (χ0v) is 17.9. The van der Waals surface area contributed by atoms with Crippen LogP contribution in [0.25, 0.3) is 0 Å². The lowest BCUT2D eigenvalue weighted by molar-refractivity contribution is -0.115. The Morgan fingerprint density at radius 2 is 1.66 bits per heavy atom. The van der Waals surface area contributed by atoms with Crippen molar-refractivity contribution in [1.82, 2.24) is 9.97 Å². The van der Waals surface area contributed by atoms with Crippen molar-refractivity contribution in [2.75, 3.05) is 46.2 Å². The van der Waals surface area contributed by atoms with Crippen LogP contribution >= 0.6 is 0 Å². The summed E-state index contributed by atoms with van der Waals surface area (Å²) in [7, 11) is 0. The molecule has 1 amide bonds. The number of hydrogen-bond acceptors (Lipinski definition) is 6. The number of nitrogens with zero attached hydrogens (tertiary/aromatic N) is 5.